The van der Waals surface area contributed by atoms with Crippen molar-refractivity contribution in [1.29, 1.82) is 0 Å². The van der Waals surface area contributed by atoms with Gasteiger partial charge in [0.05, 0.1) is 12.0 Å². The molecule has 1 N–H and O–H groups in total. The molecule has 26 heavy (non-hydrogen) atoms. The number of nitrogens with one attached hydrogen (secondary N) is 1. The Hall–Kier alpha value is -3.29. The second kappa shape index (κ2) is 7.30. The van der Waals surface area contributed by atoms with Crippen molar-refractivity contribution in [3.05, 3.63) is 70.3 Å². The number of rotatable bonds is 5. The topological polar surface area (TPSA) is 81.8 Å². The van der Waals surface area contributed by atoms with E-state index in [0.29, 0.717) is 23.6 Å². The summed E-state index contributed by atoms with van der Waals surface area (Å²) in [6.07, 6.45) is 1.46. The van der Waals surface area contributed by atoms with Gasteiger partial charge in [0.25, 0.3) is 11.5 Å². The molecule has 2 heterocycles. The van der Waals surface area contributed by atoms with E-state index in [2.05, 4.69) is 15.4 Å². The van der Waals surface area contributed by atoms with Crippen LogP contribution in [0.3, 0.4) is 0 Å². The van der Waals surface area contributed by atoms with Crippen LogP contribution in [0.5, 0.6) is 0 Å². The number of aryl methyl sites for hydroxylation is 2. The Morgan fingerprint density at radius 3 is 2.65 bits per heavy atom. The van der Waals surface area contributed by atoms with E-state index >= 15 is 0 Å². The van der Waals surface area contributed by atoms with Crippen LogP contribution in [0.2, 0.25) is 0 Å². The molecule has 3 aromatic rings. The van der Waals surface area contributed by atoms with E-state index < -0.39 is 0 Å². The fourth-order valence-corrected chi connectivity index (χ4v) is 2.51. The van der Waals surface area contributed by atoms with Gasteiger partial charge in [0, 0.05) is 37.5 Å². The third kappa shape index (κ3) is 3.85. The summed E-state index contributed by atoms with van der Waals surface area (Å²) in [5.41, 5.74) is 2.16. The van der Waals surface area contributed by atoms with Gasteiger partial charge in [-0.25, -0.2) is 9.37 Å². The number of carbonyl (C=O) groups excluding carboxylic acids is 1. The molecule has 0 aliphatic heterocycles. The highest BCUT2D eigenvalue weighted by molar-refractivity contribution is 5.93. The Kier molecular flexibility index (Phi) is 4.92. The van der Waals surface area contributed by atoms with Crippen molar-refractivity contribution in [1.82, 2.24) is 24.6 Å². The highest BCUT2D eigenvalue weighted by Gasteiger charge is 2.14. The van der Waals surface area contributed by atoms with Crippen LogP contribution < -0.4 is 10.9 Å². The van der Waals surface area contributed by atoms with Crippen LogP contribution in [0.25, 0.3) is 11.3 Å². The van der Waals surface area contributed by atoms with Gasteiger partial charge in [-0.2, -0.15) is 5.10 Å². The van der Waals surface area contributed by atoms with Crippen LogP contribution in [0.4, 0.5) is 4.39 Å². The van der Waals surface area contributed by atoms with Crippen molar-refractivity contribution in [2.75, 3.05) is 6.54 Å². The summed E-state index contributed by atoms with van der Waals surface area (Å²) in [5, 5.41) is 7.05. The minimum absolute atomic E-state index is 0.161. The predicted molar refractivity (Wildman–Crippen MR) is 94.2 cm³/mol. The number of nitrogens with zero attached hydrogens (tertiary/aromatic N) is 4. The van der Waals surface area contributed by atoms with E-state index in [1.807, 2.05) is 0 Å². The molecule has 0 saturated heterocycles. The molecule has 0 fully saturated rings. The second-order valence-electron chi connectivity index (χ2n) is 5.86. The van der Waals surface area contributed by atoms with Gasteiger partial charge in [0.2, 0.25) is 0 Å². The Balaban J connectivity index is 1.66. The number of carbonyl (C=O) groups is 1. The molecule has 0 atom stereocenters. The normalized spacial score (nSPS) is 10.7. The Morgan fingerprint density at radius 2 is 1.96 bits per heavy atom. The Bertz CT molecular complexity index is 992. The highest BCUT2D eigenvalue weighted by Crippen LogP contribution is 2.19. The van der Waals surface area contributed by atoms with Gasteiger partial charge in [-0.3, -0.25) is 18.8 Å². The third-order valence-corrected chi connectivity index (χ3v) is 3.91. The van der Waals surface area contributed by atoms with Crippen molar-refractivity contribution in [3.63, 3.8) is 0 Å². The lowest BCUT2D eigenvalue weighted by molar-refractivity contribution is 0.0942. The van der Waals surface area contributed by atoms with Crippen molar-refractivity contribution in [2.24, 2.45) is 7.05 Å². The maximum atomic E-state index is 13.0. The molecule has 8 heteroatoms. The first kappa shape index (κ1) is 17.5. The molecule has 0 aliphatic carbocycles. The van der Waals surface area contributed by atoms with E-state index in [4.69, 9.17) is 0 Å². The van der Waals surface area contributed by atoms with Crippen LogP contribution in [-0.4, -0.2) is 31.8 Å². The van der Waals surface area contributed by atoms with Crippen molar-refractivity contribution < 1.29 is 9.18 Å². The molecule has 0 spiro atoms. The molecule has 7 nitrogen and oxygen atoms in total. The number of hydrogen-bond acceptors (Lipinski definition) is 4. The van der Waals surface area contributed by atoms with Gasteiger partial charge >= 0.3 is 0 Å². The van der Waals surface area contributed by atoms with Gasteiger partial charge in [-0.05, 0) is 37.3 Å². The summed E-state index contributed by atoms with van der Waals surface area (Å²) < 4.78 is 15.9. The lowest BCUT2D eigenvalue weighted by Crippen LogP contribution is -2.31. The lowest BCUT2D eigenvalue weighted by atomic mass is 10.1. The maximum absolute atomic E-state index is 13.0. The molecule has 0 unspecified atom stereocenters. The average Bonchev–Trinajstić information content (AvgIpc) is 2.99. The fraction of sp³-hybridized carbons (Fsp3) is 0.222. The van der Waals surface area contributed by atoms with E-state index in [1.165, 1.54) is 33.8 Å². The smallest absolute Gasteiger partial charge is 0.269 e. The van der Waals surface area contributed by atoms with Crippen LogP contribution in [0.1, 0.15) is 16.2 Å². The molecule has 1 amide bonds. The maximum Gasteiger partial charge on any atom is 0.269 e. The number of halogens is 1. The predicted octanol–water partition coefficient (Wildman–Crippen LogP) is 1.52. The van der Waals surface area contributed by atoms with Crippen LogP contribution in [0.15, 0.2) is 47.5 Å². The number of aromatic nitrogens is 4. The second-order valence-corrected chi connectivity index (χ2v) is 5.86. The molecule has 3 rings (SSSR count). The van der Waals surface area contributed by atoms with Crippen LogP contribution in [0, 0.1) is 12.7 Å². The van der Waals surface area contributed by atoms with E-state index in [-0.39, 0.29) is 23.8 Å². The monoisotopic (exact) mass is 355 g/mol. The van der Waals surface area contributed by atoms with Crippen LogP contribution in [-0.2, 0) is 13.6 Å². The SMILES string of the molecule is Cc1cc(=O)n(CCNC(=O)c2cc(-c3ccc(F)cc3)nn2C)cn1. The summed E-state index contributed by atoms with van der Waals surface area (Å²) in [5.74, 6) is -0.634. The summed E-state index contributed by atoms with van der Waals surface area (Å²) in [7, 11) is 1.66. The zero-order valence-corrected chi connectivity index (χ0v) is 14.4. The molecule has 134 valence electrons. The van der Waals surface area contributed by atoms with Crippen molar-refractivity contribution >= 4 is 5.91 Å². The molecule has 0 aliphatic rings. The van der Waals surface area contributed by atoms with E-state index in [9.17, 15) is 14.0 Å². The van der Waals surface area contributed by atoms with Gasteiger partial charge < -0.3 is 5.32 Å². The molecule has 0 bridgehead atoms. The molecule has 1 aromatic carbocycles. The zero-order chi connectivity index (χ0) is 18.7. The standard InChI is InChI=1S/C18H18FN5O2/c1-12-9-17(25)24(11-21-12)8-7-20-18(26)16-10-15(22-23(16)2)13-3-5-14(19)6-4-13/h3-6,9-11H,7-8H2,1-2H3,(H,20,26). The largest absolute Gasteiger partial charge is 0.349 e. The average molecular weight is 355 g/mol. The van der Waals surface area contributed by atoms with E-state index in [0.717, 1.165) is 5.56 Å². The summed E-state index contributed by atoms with van der Waals surface area (Å²) in [6.45, 7) is 2.34. The molecular weight excluding hydrogens is 337 g/mol. The molecular formula is C18H18FN5O2. The quantitative estimate of drug-likeness (QED) is 0.752. The fourth-order valence-electron chi connectivity index (χ4n) is 2.51. The van der Waals surface area contributed by atoms with Gasteiger partial charge in [-0.1, -0.05) is 0 Å². The van der Waals surface area contributed by atoms with Gasteiger partial charge in [-0.15, -0.1) is 0 Å². The first-order chi connectivity index (χ1) is 12.4. The van der Waals surface area contributed by atoms with Crippen LogP contribution >= 0.6 is 0 Å². The first-order valence-corrected chi connectivity index (χ1v) is 8.05. The van der Waals surface area contributed by atoms with Gasteiger partial charge in [0.15, 0.2) is 0 Å². The van der Waals surface area contributed by atoms with Gasteiger partial charge in [0.1, 0.15) is 11.5 Å². The highest BCUT2D eigenvalue weighted by atomic mass is 19.1. The molecule has 2 aromatic heterocycles. The Labute approximate surface area is 149 Å². The lowest BCUT2D eigenvalue weighted by Gasteiger charge is -2.07. The number of hydrogen-bond donors (Lipinski definition) is 1. The zero-order valence-electron chi connectivity index (χ0n) is 14.4. The van der Waals surface area contributed by atoms with E-state index in [1.54, 1.807) is 32.2 Å². The van der Waals surface area contributed by atoms with Crippen molar-refractivity contribution in [3.8, 4) is 11.3 Å². The third-order valence-electron chi connectivity index (χ3n) is 3.91. The molecule has 0 radical (unpaired) electrons. The Morgan fingerprint density at radius 1 is 1.23 bits per heavy atom. The first-order valence-electron chi connectivity index (χ1n) is 8.05. The number of benzene rings is 1. The minimum Gasteiger partial charge on any atom is -0.349 e. The summed E-state index contributed by atoms with van der Waals surface area (Å²) in [4.78, 5) is 28.2. The van der Waals surface area contributed by atoms with Crippen molar-refractivity contribution in [2.45, 2.75) is 13.5 Å². The minimum atomic E-state index is -0.330. The molecule has 0 saturated carbocycles. The summed E-state index contributed by atoms with van der Waals surface area (Å²) in [6, 6.07) is 8.99. The summed E-state index contributed by atoms with van der Waals surface area (Å²) >= 11 is 0. The number of amides is 1.